The number of benzene rings is 2. The zero-order valence-corrected chi connectivity index (χ0v) is 17.2. The largest absolute Gasteiger partial charge is 0.511 e. The number of carbonyl (C=O) groups excluding carboxylic acids is 1. The summed E-state index contributed by atoms with van der Waals surface area (Å²) in [6, 6.07) is 9.89. The molecule has 0 saturated heterocycles. The molecule has 2 aromatic carbocycles. The fourth-order valence-corrected chi connectivity index (χ4v) is 3.60. The summed E-state index contributed by atoms with van der Waals surface area (Å²) < 4.78 is 20.4. The predicted molar refractivity (Wildman–Crippen MR) is 108 cm³/mol. The van der Waals surface area contributed by atoms with Crippen LogP contribution in [-0.4, -0.2) is 10.9 Å². The van der Waals surface area contributed by atoms with Crippen molar-refractivity contribution in [3.63, 3.8) is 0 Å². The quantitative estimate of drug-likeness (QED) is 0.591. The Balaban J connectivity index is 2.08. The van der Waals surface area contributed by atoms with Gasteiger partial charge in [0, 0.05) is 16.3 Å². The van der Waals surface area contributed by atoms with Crippen LogP contribution in [0.2, 0.25) is 0 Å². The molecule has 0 bridgehead atoms. The van der Waals surface area contributed by atoms with Gasteiger partial charge in [0.25, 0.3) is 0 Å². The number of allylic oxidation sites excluding steroid dienone is 2. The molecule has 1 aliphatic rings. The molecule has 0 aliphatic heterocycles. The highest BCUT2D eigenvalue weighted by molar-refractivity contribution is 9.10. The van der Waals surface area contributed by atoms with Gasteiger partial charge in [0.15, 0.2) is 17.3 Å². The van der Waals surface area contributed by atoms with Gasteiger partial charge in [0.05, 0.1) is 5.57 Å². The molecule has 0 amide bonds. The molecular formula is C22H22BrFO3. The smallest absolute Gasteiger partial charge is 0.166 e. The second-order valence-electron chi connectivity index (χ2n) is 7.38. The summed E-state index contributed by atoms with van der Waals surface area (Å²) in [6.45, 7) is 5.85. The van der Waals surface area contributed by atoms with Crippen molar-refractivity contribution < 1.29 is 19.0 Å². The normalized spacial score (nSPS) is 16.6. The van der Waals surface area contributed by atoms with Crippen molar-refractivity contribution in [3.8, 4) is 11.5 Å². The van der Waals surface area contributed by atoms with Crippen LogP contribution in [0.25, 0.3) is 5.57 Å². The molecule has 0 aromatic heterocycles. The Morgan fingerprint density at radius 3 is 2.63 bits per heavy atom. The van der Waals surface area contributed by atoms with E-state index in [0.29, 0.717) is 40.6 Å². The van der Waals surface area contributed by atoms with Crippen LogP contribution in [0, 0.1) is 11.2 Å². The van der Waals surface area contributed by atoms with Crippen molar-refractivity contribution in [2.24, 2.45) is 5.41 Å². The van der Waals surface area contributed by atoms with Crippen LogP contribution in [0.4, 0.5) is 4.39 Å². The van der Waals surface area contributed by atoms with Gasteiger partial charge in [0.1, 0.15) is 11.5 Å². The standard InChI is InChI=1S/C22H22BrFO3/c1-4-13-5-7-15(27-19-8-6-14(23)11-17(19)24)12-16(13)20-18(25)9-10-22(2,3)21(20)26/h5-8,11-12,26H,4,9-10H2,1-3H3. The van der Waals surface area contributed by atoms with Gasteiger partial charge in [-0.3, -0.25) is 4.79 Å². The van der Waals surface area contributed by atoms with Crippen LogP contribution in [0.3, 0.4) is 0 Å². The third-order valence-electron chi connectivity index (χ3n) is 4.99. The Kier molecular flexibility index (Phi) is 5.43. The van der Waals surface area contributed by atoms with Gasteiger partial charge >= 0.3 is 0 Å². The van der Waals surface area contributed by atoms with Crippen molar-refractivity contribution in [3.05, 3.63) is 63.6 Å². The van der Waals surface area contributed by atoms with Crippen LogP contribution >= 0.6 is 15.9 Å². The minimum absolute atomic E-state index is 0.0755. The van der Waals surface area contributed by atoms with Crippen molar-refractivity contribution in [1.82, 2.24) is 0 Å². The average Bonchev–Trinajstić information content (AvgIpc) is 2.62. The van der Waals surface area contributed by atoms with E-state index in [1.165, 1.54) is 6.07 Å². The Hall–Kier alpha value is -2.14. The van der Waals surface area contributed by atoms with Crippen molar-refractivity contribution in [2.75, 3.05) is 0 Å². The van der Waals surface area contributed by atoms with E-state index in [0.717, 1.165) is 5.56 Å². The molecule has 0 radical (unpaired) electrons. The molecule has 1 aliphatic carbocycles. The number of rotatable bonds is 4. The first kappa shape index (κ1) is 19.6. The lowest BCUT2D eigenvalue weighted by atomic mass is 9.74. The molecule has 0 unspecified atom stereocenters. The SMILES string of the molecule is CCc1ccc(Oc2ccc(Br)cc2F)cc1C1=C(O)C(C)(C)CCC1=O. The summed E-state index contributed by atoms with van der Waals surface area (Å²) in [6.07, 6.45) is 1.71. The van der Waals surface area contributed by atoms with E-state index in [1.807, 2.05) is 26.8 Å². The van der Waals surface area contributed by atoms with Crippen molar-refractivity contribution >= 4 is 27.3 Å². The lowest BCUT2D eigenvalue weighted by Gasteiger charge is -2.31. The number of aliphatic hydroxyl groups excluding tert-OH is 1. The highest BCUT2D eigenvalue weighted by atomic mass is 79.9. The van der Waals surface area contributed by atoms with E-state index in [9.17, 15) is 14.3 Å². The zero-order valence-electron chi connectivity index (χ0n) is 15.6. The molecule has 0 heterocycles. The molecule has 0 spiro atoms. The summed E-state index contributed by atoms with van der Waals surface area (Å²) >= 11 is 3.22. The molecule has 3 nitrogen and oxygen atoms in total. The lowest BCUT2D eigenvalue weighted by Crippen LogP contribution is -2.25. The fourth-order valence-electron chi connectivity index (χ4n) is 3.26. The highest BCUT2D eigenvalue weighted by Gasteiger charge is 2.35. The van der Waals surface area contributed by atoms with Gasteiger partial charge in [-0.15, -0.1) is 0 Å². The number of ketones is 1. The van der Waals surface area contributed by atoms with Crippen molar-refractivity contribution in [1.29, 1.82) is 0 Å². The topological polar surface area (TPSA) is 46.5 Å². The number of carbonyl (C=O) groups is 1. The van der Waals surface area contributed by atoms with E-state index in [-0.39, 0.29) is 17.3 Å². The average molecular weight is 433 g/mol. The molecule has 27 heavy (non-hydrogen) atoms. The summed E-state index contributed by atoms with van der Waals surface area (Å²) in [5.41, 5.74) is 1.49. The third kappa shape index (κ3) is 3.93. The van der Waals surface area contributed by atoms with Gasteiger partial charge in [0.2, 0.25) is 0 Å². The van der Waals surface area contributed by atoms with Crippen LogP contribution in [-0.2, 0) is 11.2 Å². The minimum Gasteiger partial charge on any atom is -0.511 e. The maximum Gasteiger partial charge on any atom is 0.166 e. The van der Waals surface area contributed by atoms with E-state index in [4.69, 9.17) is 4.74 Å². The molecule has 2 aromatic rings. The molecule has 3 rings (SSSR count). The van der Waals surface area contributed by atoms with Crippen LogP contribution in [0.1, 0.15) is 44.7 Å². The Morgan fingerprint density at radius 2 is 1.96 bits per heavy atom. The molecule has 5 heteroatoms. The molecular weight excluding hydrogens is 411 g/mol. The Morgan fingerprint density at radius 1 is 1.22 bits per heavy atom. The maximum absolute atomic E-state index is 14.1. The molecule has 0 fully saturated rings. The van der Waals surface area contributed by atoms with E-state index < -0.39 is 11.2 Å². The molecule has 142 valence electrons. The Labute approximate surface area is 167 Å². The van der Waals surface area contributed by atoms with Gasteiger partial charge in [-0.25, -0.2) is 4.39 Å². The van der Waals surface area contributed by atoms with Gasteiger partial charge < -0.3 is 9.84 Å². The summed E-state index contributed by atoms with van der Waals surface area (Å²) in [7, 11) is 0. The highest BCUT2D eigenvalue weighted by Crippen LogP contribution is 2.42. The van der Waals surface area contributed by atoms with Gasteiger partial charge in [-0.2, -0.15) is 0 Å². The summed E-state index contributed by atoms with van der Waals surface area (Å²) in [5.74, 6) is 0.0677. The first-order valence-electron chi connectivity index (χ1n) is 8.96. The fraction of sp³-hybridized carbons (Fsp3) is 0.318. The van der Waals surface area contributed by atoms with E-state index in [1.54, 1.807) is 24.3 Å². The molecule has 1 N–H and O–H groups in total. The number of aryl methyl sites for hydroxylation is 1. The van der Waals surface area contributed by atoms with E-state index in [2.05, 4.69) is 15.9 Å². The number of ether oxygens (including phenoxy) is 1. The first-order chi connectivity index (χ1) is 12.7. The molecule has 0 atom stereocenters. The second kappa shape index (κ2) is 7.47. The number of Topliss-reactive ketones (excluding diaryl/α,β-unsaturated/α-hetero) is 1. The minimum atomic E-state index is -0.484. The monoisotopic (exact) mass is 432 g/mol. The zero-order chi connectivity index (χ0) is 19.8. The van der Waals surface area contributed by atoms with Crippen LogP contribution < -0.4 is 4.74 Å². The first-order valence-corrected chi connectivity index (χ1v) is 9.75. The van der Waals surface area contributed by atoms with Crippen LogP contribution in [0.5, 0.6) is 11.5 Å². The predicted octanol–water partition coefficient (Wildman–Crippen LogP) is 6.60. The van der Waals surface area contributed by atoms with Gasteiger partial charge in [-0.05, 0) is 54.3 Å². The number of halogens is 2. The molecule has 0 saturated carbocycles. The van der Waals surface area contributed by atoms with Crippen molar-refractivity contribution in [2.45, 2.75) is 40.0 Å². The summed E-state index contributed by atoms with van der Waals surface area (Å²) in [5, 5.41) is 10.7. The van der Waals surface area contributed by atoms with Gasteiger partial charge in [-0.1, -0.05) is 42.8 Å². The Bertz CT molecular complexity index is 931. The number of hydrogen-bond acceptors (Lipinski definition) is 3. The number of hydrogen-bond donors (Lipinski definition) is 1. The second-order valence-corrected chi connectivity index (χ2v) is 8.30. The maximum atomic E-state index is 14.1. The van der Waals surface area contributed by atoms with Crippen LogP contribution in [0.15, 0.2) is 46.6 Å². The number of aliphatic hydroxyl groups is 1. The van der Waals surface area contributed by atoms with E-state index >= 15 is 0 Å². The third-order valence-corrected chi connectivity index (χ3v) is 5.48. The summed E-state index contributed by atoms with van der Waals surface area (Å²) in [4.78, 5) is 12.6. The lowest BCUT2D eigenvalue weighted by molar-refractivity contribution is -0.115.